The van der Waals surface area contributed by atoms with Crippen molar-refractivity contribution in [2.45, 2.75) is 51.9 Å². The summed E-state index contributed by atoms with van der Waals surface area (Å²) in [4.78, 5) is 0. The number of hydrogen-bond donors (Lipinski definition) is 3. The number of hydrogen-bond acceptors (Lipinski definition) is 4. The summed E-state index contributed by atoms with van der Waals surface area (Å²) in [5.41, 5.74) is -0.696. The van der Waals surface area contributed by atoms with Crippen molar-refractivity contribution in [3.8, 4) is 0 Å². The van der Waals surface area contributed by atoms with Crippen LogP contribution in [0.4, 0.5) is 0 Å². The Balaban J connectivity index is 3.50. The topological polar surface area (TPSA) is 61.7 Å². The van der Waals surface area contributed by atoms with Crippen molar-refractivity contribution in [1.82, 2.24) is 5.32 Å². The van der Waals surface area contributed by atoms with Crippen molar-refractivity contribution in [2.24, 2.45) is 0 Å². The molecule has 0 aliphatic heterocycles. The standard InChI is InChI=1S/C11H25NO3/c1-5-11(4,14)8-12-6-10(13)7-15-9(2)3/h9-10,12-14H,5-8H2,1-4H3. The molecule has 92 valence electrons. The summed E-state index contributed by atoms with van der Waals surface area (Å²) in [5, 5.41) is 22.2. The van der Waals surface area contributed by atoms with Crippen molar-refractivity contribution >= 4 is 0 Å². The molecular formula is C11H25NO3. The molecule has 2 atom stereocenters. The van der Waals surface area contributed by atoms with E-state index in [4.69, 9.17) is 4.74 Å². The van der Waals surface area contributed by atoms with Crippen molar-refractivity contribution < 1.29 is 14.9 Å². The molecule has 3 N–H and O–H groups in total. The second kappa shape index (κ2) is 7.17. The van der Waals surface area contributed by atoms with Crippen molar-refractivity contribution in [3.05, 3.63) is 0 Å². The van der Waals surface area contributed by atoms with Gasteiger partial charge in [-0.2, -0.15) is 0 Å². The molecule has 0 radical (unpaired) electrons. The van der Waals surface area contributed by atoms with Crippen molar-refractivity contribution in [3.63, 3.8) is 0 Å². The predicted octanol–water partition coefficient (Wildman–Crippen LogP) is 0.523. The molecule has 4 nitrogen and oxygen atoms in total. The molecule has 0 aromatic rings. The van der Waals surface area contributed by atoms with Crippen LogP contribution in [0.5, 0.6) is 0 Å². The minimum Gasteiger partial charge on any atom is -0.389 e. The van der Waals surface area contributed by atoms with Crippen LogP contribution in [0, 0.1) is 0 Å². The second-order valence-electron chi connectivity index (χ2n) is 4.52. The first-order chi connectivity index (χ1) is 6.87. The molecule has 0 saturated heterocycles. The van der Waals surface area contributed by atoms with Crippen LogP contribution in [-0.2, 0) is 4.74 Å². The SMILES string of the molecule is CCC(C)(O)CNCC(O)COC(C)C. The molecule has 0 bridgehead atoms. The molecule has 0 aromatic heterocycles. The molecule has 0 amide bonds. The Labute approximate surface area is 92.6 Å². The molecule has 4 heteroatoms. The summed E-state index contributed by atoms with van der Waals surface area (Å²) >= 11 is 0. The molecule has 0 aliphatic rings. The van der Waals surface area contributed by atoms with Gasteiger partial charge in [0.2, 0.25) is 0 Å². The zero-order valence-electron chi connectivity index (χ0n) is 10.3. The highest BCUT2D eigenvalue weighted by Gasteiger charge is 2.17. The molecule has 0 fully saturated rings. The minimum atomic E-state index is -0.696. The van der Waals surface area contributed by atoms with Crippen LogP contribution in [0.15, 0.2) is 0 Å². The highest BCUT2D eigenvalue weighted by molar-refractivity contribution is 4.74. The number of aliphatic hydroxyl groups is 2. The van der Waals surface area contributed by atoms with E-state index in [-0.39, 0.29) is 6.10 Å². The van der Waals surface area contributed by atoms with E-state index in [9.17, 15) is 10.2 Å². The Bertz CT molecular complexity index is 160. The van der Waals surface area contributed by atoms with Crippen LogP contribution in [0.3, 0.4) is 0 Å². The van der Waals surface area contributed by atoms with Gasteiger partial charge in [0.1, 0.15) is 0 Å². The first-order valence-corrected chi connectivity index (χ1v) is 5.60. The normalized spacial score (nSPS) is 17.8. The summed E-state index contributed by atoms with van der Waals surface area (Å²) in [5.74, 6) is 0. The van der Waals surface area contributed by atoms with E-state index in [1.165, 1.54) is 0 Å². The largest absolute Gasteiger partial charge is 0.389 e. The summed E-state index contributed by atoms with van der Waals surface area (Å²) < 4.78 is 5.26. The average molecular weight is 219 g/mol. The van der Waals surface area contributed by atoms with Crippen molar-refractivity contribution in [2.75, 3.05) is 19.7 Å². The van der Waals surface area contributed by atoms with E-state index in [1.54, 1.807) is 6.92 Å². The quantitative estimate of drug-likeness (QED) is 0.557. The van der Waals surface area contributed by atoms with E-state index in [0.29, 0.717) is 26.1 Å². The Hall–Kier alpha value is -0.160. The van der Waals surface area contributed by atoms with Gasteiger partial charge in [0.15, 0.2) is 0 Å². The van der Waals surface area contributed by atoms with Crippen LogP contribution in [0.2, 0.25) is 0 Å². The smallest absolute Gasteiger partial charge is 0.0897 e. The first kappa shape index (κ1) is 14.8. The van der Waals surface area contributed by atoms with Gasteiger partial charge in [-0.15, -0.1) is 0 Å². The van der Waals surface area contributed by atoms with Crippen LogP contribution in [0.25, 0.3) is 0 Å². The molecule has 0 rings (SSSR count). The Kier molecular flexibility index (Phi) is 7.09. The average Bonchev–Trinajstić information content (AvgIpc) is 2.14. The van der Waals surface area contributed by atoms with Crippen LogP contribution < -0.4 is 5.32 Å². The predicted molar refractivity (Wildman–Crippen MR) is 60.9 cm³/mol. The van der Waals surface area contributed by atoms with Crippen LogP contribution in [-0.4, -0.2) is 47.7 Å². The number of nitrogens with one attached hydrogen (secondary N) is 1. The third-order valence-corrected chi connectivity index (χ3v) is 2.27. The number of ether oxygens (including phenoxy) is 1. The zero-order chi connectivity index (χ0) is 11.9. The summed E-state index contributed by atoms with van der Waals surface area (Å²) in [6, 6.07) is 0. The van der Waals surface area contributed by atoms with Crippen molar-refractivity contribution in [1.29, 1.82) is 0 Å². The summed E-state index contributed by atoms with van der Waals surface area (Å²) in [6.07, 6.45) is 0.317. The van der Waals surface area contributed by atoms with Gasteiger partial charge in [0.25, 0.3) is 0 Å². The lowest BCUT2D eigenvalue weighted by Crippen LogP contribution is -2.41. The summed E-state index contributed by atoms with van der Waals surface area (Å²) in [7, 11) is 0. The molecule has 0 saturated carbocycles. The van der Waals surface area contributed by atoms with Gasteiger partial charge in [0.05, 0.1) is 24.4 Å². The lowest BCUT2D eigenvalue weighted by atomic mass is 10.0. The number of rotatable bonds is 8. The Morgan fingerprint density at radius 3 is 2.47 bits per heavy atom. The highest BCUT2D eigenvalue weighted by atomic mass is 16.5. The fourth-order valence-corrected chi connectivity index (χ4v) is 0.996. The molecule has 0 aliphatic carbocycles. The molecular weight excluding hydrogens is 194 g/mol. The van der Waals surface area contributed by atoms with E-state index >= 15 is 0 Å². The van der Waals surface area contributed by atoms with Gasteiger partial charge in [-0.1, -0.05) is 6.92 Å². The maximum absolute atomic E-state index is 9.68. The van der Waals surface area contributed by atoms with Gasteiger partial charge in [-0.3, -0.25) is 0 Å². The molecule has 0 heterocycles. The minimum absolute atomic E-state index is 0.137. The third-order valence-electron chi connectivity index (χ3n) is 2.27. The second-order valence-corrected chi connectivity index (χ2v) is 4.52. The zero-order valence-corrected chi connectivity index (χ0v) is 10.3. The molecule has 0 aromatic carbocycles. The van der Waals surface area contributed by atoms with Crippen LogP contribution >= 0.6 is 0 Å². The van der Waals surface area contributed by atoms with Gasteiger partial charge >= 0.3 is 0 Å². The first-order valence-electron chi connectivity index (χ1n) is 5.60. The lowest BCUT2D eigenvalue weighted by Gasteiger charge is -2.22. The molecule has 15 heavy (non-hydrogen) atoms. The monoisotopic (exact) mass is 219 g/mol. The van der Waals surface area contributed by atoms with Gasteiger partial charge in [-0.25, -0.2) is 0 Å². The Morgan fingerprint density at radius 1 is 1.40 bits per heavy atom. The Morgan fingerprint density at radius 2 is 2.00 bits per heavy atom. The van der Waals surface area contributed by atoms with Gasteiger partial charge < -0.3 is 20.3 Å². The van der Waals surface area contributed by atoms with Gasteiger partial charge in [0, 0.05) is 13.1 Å². The molecule has 0 spiro atoms. The van der Waals surface area contributed by atoms with Crippen LogP contribution in [0.1, 0.15) is 34.1 Å². The van der Waals surface area contributed by atoms with E-state index in [2.05, 4.69) is 5.32 Å². The van der Waals surface area contributed by atoms with E-state index in [1.807, 2.05) is 20.8 Å². The van der Waals surface area contributed by atoms with E-state index < -0.39 is 11.7 Å². The number of aliphatic hydroxyl groups excluding tert-OH is 1. The van der Waals surface area contributed by atoms with Gasteiger partial charge in [-0.05, 0) is 27.2 Å². The fraction of sp³-hybridized carbons (Fsp3) is 1.00. The maximum atomic E-state index is 9.68. The third kappa shape index (κ3) is 8.81. The fourth-order valence-electron chi connectivity index (χ4n) is 0.996. The highest BCUT2D eigenvalue weighted by Crippen LogP contribution is 2.05. The van der Waals surface area contributed by atoms with E-state index in [0.717, 1.165) is 0 Å². The molecule has 2 unspecified atom stereocenters. The lowest BCUT2D eigenvalue weighted by molar-refractivity contribution is 0.00175. The maximum Gasteiger partial charge on any atom is 0.0897 e. The summed E-state index contributed by atoms with van der Waals surface area (Å²) in [6.45, 7) is 8.84.